The number of halogens is 1. The predicted octanol–water partition coefficient (Wildman–Crippen LogP) is 1.34. The molecule has 0 unspecified atom stereocenters. The lowest BCUT2D eigenvalue weighted by atomic mass is 10.1. The van der Waals surface area contributed by atoms with E-state index in [2.05, 4.69) is 4.42 Å². The Labute approximate surface area is 87.4 Å². The maximum absolute atomic E-state index is 13.3. The number of carbonyl (C=O) groups is 1. The Morgan fingerprint density at radius 2 is 2.00 bits per heavy atom. The number of hydrogen-bond acceptors (Lipinski definition) is 4. The summed E-state index contributed by atoms with van der Waals surface area (Å²) in [5, 5.41) is 17.5. The molecule has 0 aliphatic rings. The van der Waals surface area contributed by atoms with Crippen LogP contribution >= 0.6 is 0 Å². The van der Waals surface area contributed by atoms with E-state index in [1.165, 1.54) is 0 Å². The number of rotatable bonds is 1. The average Bonchev–Trinajstić information content (AvgIpc) is 2.15. The molecular weight excluding hydrogens is 219 g/mol. The Morgan fingerprint density at radius 1 is 1.31 bits per heavy atom. The molecule has 0 aliphatic carbocycles. The maximum atomic E-state index is 13.3. The lowest BCUT2D eigenvalue weighted by molar-refractivity contribution is 0.0692. The summed E-state index contributed by atoms with van der Waals surface area (Å²) in [6.45, 7) is 0. The molecule has 2 N–H and O–H groups in total. The fourth-order valence-corrected chi connectivity index (χ4v) is 1.31. The van der Waals surface area contributed by atoms with E-state index in [0.717, 1.165) is 18.2 Å². The van der Waals surface area contributed by atoms with Gasteiger partial charge in [0, 0.05) is 12.1 Å². The van der Waals surface area contributed by atoms with Crippen LogP contribution in [0.5, 0.6) is 5.75 Å². The first kappa shape index (κ1) is 10.2. The zero-order valence-electron chi connectivity index (χ0n) is 7.73. The molecule has 1 heterocycles. The number of phenolic OH excluding ortho intramolecular Hbond substituents is 1. The number of aromatic hydroxyl groups is 1. The quantitative estimate of drug-likeness (QED) is 0.713. The number of benzene rings is 1. The van der Waals surface area contributed by atoms with Gasteiger partial charge in [-0.25, -0.2) is 14.0 Å². The molecule has 6 heteroatoms. The zero-order chi connectivity index (χ0) is 11.9. The third-order valence-electron chi connectivity index (χ3n) is 2.02. The van der Waals surface area contributed by atoms with Crippen LogP contribution in [0, 0.1) is 5.82 Å². The van der Waals surface area contributed by atoms with Gasteiger partial charge < -0.3 is 14.6 Å². The molecule has 16 heavy (non-hydrogen) atoms. The van der Waals surface area contributed by atoms with Crippen molar-refractivity contribution in [1.29, 1.82) is 0 Å². The van der Waals surface area contributed by atoms with Gasteiger partial charge in [-0.05, 0) is 6.07 Å². The molecular formula is C10H5FO5. The highest BCUT2D eigenvalue weighted by Gasteiger charge is 2.14. The fraction of sp³-hybridized carbons (Fsp3) is 0. The summed E-state index contributed by atoms with van der Waals surface area (Å²) in [4.78, 5) is 21.8. The molecule has 2 rings (SSSR count). The van der Waals surface area contributed by atoms with Crippen molar-refractivity contribution in [3.63, 3.8) is 0 Å². The van der Waals surface area contributed by atoms with Crippen molar-refractivity contribution in [1.82, 2.24) is 0 Å². The van der Waals surface area contributed by atoms with Crippen LogP contribution in [0.1, 0.15) is 10.4 Å². The SMILES string of the molecule is O=C(O)c1cc2c(F)cc(O)cc2oc1=O. The zero-order valence-corrected chi connectivity index (χ0v) is 7.73. The first-order valence-electron chi connectivity index (χ1n) is 4.18. The summed E-state index contributed by atoms with van der Waals surface area (Å²) < 4.78 is 17.9. The summed E-state index contributed by atoms with van der Waals surface area (Å²) in [5.74, 6) is -2.76. The third kappa shape index (κ3) is 1.50. The summed E-state index contributed by atoms with van der Waals surface area (Å²) in [6.07, 6.45) is 0. The Balaban J connectivity index is 2.90. The normalized spacial score (nSPS) is 10.6. The first-order valence-corrected chi connectivity index (χ1v) is 4.18. The molecule has 0 fully saturated rings. The second-order valence-electron chi connectivity index (χ2n) is 3.09. The summed E-state index contributed by atoms with van der Waals surface area (Å²) >= 11 is 0. The molecule has 2 aromatic rings. The van der Waals surface area contributed by atoms with E-state index >= 15 is 0 Å². The van der Waals surface area contributed by atoms with Crippen LogP contribution in [0.4, 0.5) is 4.39 Å². The summed E-state index contributed by atoms with van der Waals surface area (Å²) in [5.41, 5.74) is -1.95. The monoisotopic (exact) mass is 224 g/mol. The van der Waals surface area contributed by atoms with Gasteiger partial charge >= 0.3 is 11.6 Å². The van der Waals surface area contributed by atoms with E-state index in [1.54, 1.807) is 0 Å². The smallest absolute Gasteiger partial charge is 0.351 e. The van der Waals surface area contributed by atoms with E-state index < -0.39 is 28.7 Å². The molecule has 0 amide bonds. The van der Waals surface area contributed by atoms with E-state index in [1.807, 2.05) is 0 Å². The standard InChI is InChI=1S/C10H5FO5/c11-7-1-4(12)2-8-5(7)3-6(9(13)14)10(15)16-8/h1-3,12H,(H,13,14). The van der Waals surface area contributed by atoms with Gasteiger partial charge in [0.1, 0.15) is 22.7 Å². The summed E-state index contributed by atoms with van der Waals surface area (Å²) in [7, 11) is 0. The second kappa shape index (κ2) is 3.34. The number of phenols is 1. The maximum Gasteiger partial charge on any atom is 0.351 e. The third-order valence-corrected chi connectivity index (χ3v) is 2.02. The number of hydrogen-bond donors (Lipinski definition) is 2. The second-order valence-corrected chi connectivity index (χ2v) is 3.09. The molecule has 0 atom stereocenters. The van der Waals surface area contributed by atoms with Crippen molar-refractivity contribution >= 4 is 16.9 Å². The van der Waals surface area contributed by atoms with Crippen molar-refractivity contribution in [3.8, 4) is 5.75 Å². The minimum atomic E-state index is -1.50. The van der Waals surface area contributed by atoms with E-state index in [0.29, 0.717) is 0 Å². The van der Waals surface area contributed by atoms with Gasteiger partial charge in [-0.2, -0.15) is 0 Å². The van der Waals surface area contributed by atoms with Crippen LogP contribution < -0.4 is 5.63 Å². The van der Waals surface area contributed by atoms with E-state index in [9.17, 15) is 14.0 Å². The van der Waals surface area contributed by atoms with Crippen molar-refractivity contribution in [2.75, 3.05) is 0 Å². The molecule has 0 aliphatic heterocycles. The van der Waals surface area contributed by atoms with Gasteiger partial charge in [-0.15, -0.1) is 0 Å². The van der Waals surface area contributed by atoms with Crippen LogP contribution in [0.2, 0.25) is 0 Å². The van der Waals surface area contributed by atoms with Gasteiger partial charge in [0.05, 0.1) is 5.39 Å². The lowest BCUT2D eigenvalue weighted by Gasteiger charge is -2.00. The molecule has 82 valence electrons. The lowest BCUT2D eigenvalue weighted by Crippen LogP contribution is -2.13. The Kier molecular flexibility index (Phi) is 2.12. The van der Waals surface area contributed by atoms with Crippen LogP contribution in [-0.4, -0.2) is 16.2 Å². The van der Waals surface area contributed by atoms with Crippen LogP contribution in [0.15, 0.2) is 27.4 Å². The molecule has 0 saturated heterocycles. The number of fused-ring (bicyclic) bond motifs is 1. The molecule has 1 aromatic heterocycles. The molecule has 0 spiro atoms. The number of carboxylic acids is 1. The highest BCUT2D eigenvalue weighted by molar-refractivity contribution is 5.91. The van der Waals surface area contributed by atoms with Gasteiger partial charge in [0.15, 0.2) is 0 Å². The van der Waals surface area contributed by atoms with Gasteiger partial charge in [-0.1, -0.05) is 0 Å². The van der Waals surface area contributed by atoms with Crippen LogP contribution in [0.3, 0.4) is 0 Å². The van der Waals surface area contributed by atoms with Gasteiger partial charge in [-0.3, -0.25) is 0 Å². The average molecular weight is 224 g/mol. The Morgan fingerprint density at radius 3 is 2.62 bits per heavy atom. The van der Waals surface area contributed by atoms with Crippen molar-refractivity contribution in [3.05, 3.63) is 40.0 Å². The minimum Gasteiger partial charge on any atom is -0.508 e. The largest absolute Gasteiger partial charge is 0.508 e. The number of aromatic carboxylic acids is 1. The predicted molar refractivity (Wildman–Crippen MR) is 51.1 cm³/mol. The molecule has 0 radical (unpaired) electrons. The topological polar surface area (TPSA) is 87.7 Å². The molecule has 1 aromatic carbocycles. The highest BCUT2D eigenvalue weighted by Crippen LogP contribution is 2.23. The van der Waals surface area contributed by atoms with Gasteiger partial charge in [0.25, 0.3) is 0 Å². The van der Waals surface area contributed by atoms with Gasteiger partial charge in [0.2, 0.25) is 0 Å². The Bertz CT molecular complexity index is 643. The molecule has 0 saturated carbocycles. The molecule has 0 bridgehead atoms. The van der Waals surface area contributed by atoms with E-state index in [-0.39, 0.29) is 11.0 Å². The number of carboxylic acid groups (broad SMARTS) is 1. The fourth-order valence-electron chi connectivity index (χ4n) is 1.31. The van der Waals surface area contributed by atoms with E-state index in [4.69, 9.17) is 10.2 Å². The first-order chi connectivity index (χ1) is 7.49. The van der Waals surface area contributed by atoms with Crippen LogP contribution in [0.25, 0.3) is 11.0 Å². The van der Waals surface area contributed by atoms with Crippen molar-refractivity contribution < 1.29 is 23.8 Å². The van der Waals surface area contributed by atoms with Crippen molar-refractivity contribution in [2.24, 2.45) is 0 Å². The molecule has 5 nitrogen and oxygen atoms in total. The minimum absolute atomic E-state index is 0.171. The summed E-state index contributed by atoms with van der Waals surface area (Å²) in [6, 6.07) is 2.71. The van der Waals surface area contributed by atoms with Crippen LogP contribution in [-0.2, 0) is 0 Å². The Hall–Kier alpha value is -2.37. The highest BCUT2D eigenvalue weighted by atomic mass is 19.1. The van der Waals surface area contributed by atoms with Crippen molar-refractivity contribution in [2.45, 2.75) is 0 Å².